The average Bonchev–Trinajstić information content (AvgIpc) is 2.48. The van der Waals surface area contributed by atoms with Gasteiger partial charge in [-0.25, -0.2) is 4.79 Å². The topological polar surface area (TPSA) is 113 Å². The third-order valence-corrected chi connectivity index (χ3v) is 3.51. The first kappa shape index (κ1) is 18.1. The third-order valence-electron chi connectivity index (χ3n) is 2.63. The number of carbonyl (C=O) groups excluding carboxylic acids is 3. The van der Waals surface area contributed by atoms with Gasteiger partial charge in [-0.3, -0.25) is 20.4 Å². The molecule has 0 saturated carbocycles. The second-order valence-electron chi connectivity index (χ2n) is 4.30. The molecular formula is C13H17ClN4O3S. The zero-order chi connectivity index (χ0) is 16.5. The highest BCUT2D eigenvalue weighted by Crippen LogP contribution is 2.10. The molecule has 0 aromatic heterocycles. The number of benzene rings is 1. The van der Waals surface area contributed by atoms with E-state index in [0.29, 0.717) is 22.8 Å². The molecule has 0 aliphatic carbocycles. The van der Waals surface area contributed by atoms with Crippen LogP contribution in [0.3, 0.4) is 0 Å². The number of nitrogens with one attached hydrogen (secondary N) is 3. The number of primary amides is 1. The number of thioether (sulfide) groups is 1. The first-order valence-corrected chi connectivity index (χ1v) is 8.12. The number of amides is 4. The second kappa shape index (κ2) is 9.16. The molecule has 1 aromatic rings. The molecule has 0 unspecified atom stereocenters. The van der Waals surface area contributed by atoms with E-state index in [4.69, 9.17) is 17.3 Å². The zero-order valence-corrected chi connectivity index (χ0v) is 13.5. The summed E-state index contributed by atoms with van der Waals surface area (Å²) in [5.74, 6) is -0.414. The van der Waals surface area contributed by atoms with Gasteiger partial charge in [-0.05, 0) is 36.6 Å². The number of hydrogen-bond acceptors (Lipinski definition) is 4. The van der Waals surface area contributed by atoms with Crippen LogP contribution in [0.25, 0.3) is 0 Å². The summed E-state index contributed by atoms with van der Waals surface area (Å²) in [4.78, 5) is 34.7. The fourth-order valence-electron chi connectivity index (χ4n) is 1.58. The minimum absolute atomic E-state index is 0.302. The number of urea groups is 1. The lowest BCUT2D eigenvalue weighted by Gasteiger charge is -2.17. The highest BCUT2D eigenvalue weighted by molar-refractivity contribution is 7.98. The van der Waals surface area contributed by atoms with Gasteiger partial charge in [-0.2, -0.15) is 11.8 Å². The molecule has 1 aromatic carbocycles. The van der Waals surface area contributed by atoms with Gasteiger partial charge in [0.2, 0.25) is 0 Å². The highest BCUT2D eigenvalue weighted by atomic mass is 35.5. The van der Waals surface area contributed by atoms with Crippen molar-refractivity contribution in [2.45, 2.75) is 12.5 Å². The van der Waals surface area contributed by atoms with Crippen LogP contribution in [0.15, 0.2) is 24.3 Å². The van der Waals surface area contributed by atoms with E-state index in [0.717, 1.165) is 0 Å². The standard InChI is InChI=1S/C13H17ClN4O3S/c1-22-6-5-10(16-13(15)21)12(20)18-17-11(19)8-3-2-4-9(14)7-8/h2-4,7,10H,5-6H2,1H3,(H,17,19)(H,18,20)(H3,15,16,21)/t10-/m0/s1. The smallest absolute Gasteiger partial charge is 0.312 e. The van der Waals surface area contributed by atoms with E-state index >= 15 is 0 Å². The number of hydrazine groups is 1. The molecule has 0 bridgehead atoms. The SMILES string of the molecule is CSCC[C@H](NC(N)=O)C(=O)NNC(=O)c1cccc(Cl)c1. The molecule has 0 heterocycles. The Morgan fingerprint density at radius 2 is 2.05 bits per heavy atom. The lowest BCUT2D eigenvalue weighted by atomic mass is 10.2. The average molecular weight is 345 g/mol. The van der Waals surface area contributed by atoms with Crippen molar-refractivity contribution in [2.24, 2.45) is 5.73 Å². The van der Waals surface area contributed by atoms with Crippen molar-refractivity contribution in [1.82, 2.24) is 16.2 Å². The molecule has 4 amide bonds. The largest absolute Gasteiger partial charge is 0.352 e. The molecule has 5 N–H and O–H groups in total. The van der Waals surface area contributed by atoms with E-state index in [9.17, 15) is 14.4 Å². The molecular weight excluding hydrogens is 328 g/mol. The number of halogens is 1. The van der Waals surface area contributed by atoms with Crippen LogP contribution in [0.4, 0.5) is 4.79 Å². The Morgan fingerprint density at radius 3 is 2.64 bits per heavy atom. The molecule has 1 atom stereocenters. The normalized spacial score (nSPS) is 11.4. The second-order valence-corrected chi connectivity index (χ2v) is 5.72. The maximum absolute atomic E-state index is 12.0. The van der Waals surface area contributed by atoms with Crippen molar-refractivity contribution in [2.75, 3.05) is 12.0 Å². The Labute approximate surface area is 137 Å². The summed E-state index contributed by atoms with van der Waals surface area (Å²) in [6.07, 6.45) is 2.27. The lowest BCUT2D eigenvalue weighted by molar-refractivity contribution is -0.123. The molecule has 9 heteroatoms. The summed E-state index contributed by atoms with van der Waals surface area (Å²) in [5.41, 5.74) is 9.84. The van der Waals surface area contributed by atoms with Crippen LogP contribution >= 0.6 is 23.4 Å². The number of carbonyl (C=O) groups is 3. The van der Waals surface area contributed by atoms with Crippen LogP contribution in [0.1, 0.15) is 16.8 Å². The monoisotopic (exact) mass is 344 g/mol. The number of hydrogen-bond donors (Lipinski definition) is 4. The van der Waals surface area contributed by atoms with Crippen LogP contribution in [0.2, 0.25) is 5.02 Å². The van der Waals surface area contributed by atoms with Crippen molar-refractivity contribution < 1.29 is 14.4 Å². The maximum Gasteiger partial charge on any atom is 0.312 e. The van der Waals surface area contributed by atoms with Crippen LogP contribution in [-0.2, 0) is 4.79 Å². The van der Waals surface area contributed by atoms with Gasteiger partial charge in [0, 0.05) is 10.6 Å². The Hall–Kier alpha value is -1.93. The Balaban J connectivity index is 2.58. The maximum atomic E-state index is 12.0. The fraction of sp³-hybridized carbons (Fsp3) is 0.308. The molecule has 120 valence electrons. The van der Waals surface area contributed by atoms with E-state index in [1.54, 1.807) is 18.2 Å². The first-order chi connectivity index (χ1) is 10.4. The van der Waals surface area contributed by atoms with Gasteiger partial charge in [-0.1, -0.05) is 17.7 Å². The number of nitrogens with two attached hydrogens (primary N) is 1. The van der Waals surface area contributed by atoms with Crippen LogP contribution < -0.4 is 21.9 Å². The summed E-state index contributed by atoms with van der Waals surface area (Å²) in [6, 6.07) is 4.66. The van der Waals surface area contributed by atoms with Gasteiger partial charge in [0.15, 0.2) is 0 Å². The summed E-state index contributed by atoms with van der Waals surface area (Å²) >= 11 is 7.31. The van der Waals surface area contributed by atoms with Gasteiger partial charge in [0.25, 0.3) is 11.8 Å². The van der Waals surface area contributed by atoms with Crippen LogP contribution in [0, 0.1) is 0 Å². The Morgan fingerprint density at radius 1 is 1.32 bits per heavy atom. The van der Waals surface area contributed by atoms with Crippen molar-refractivity contribution in [3.8, 4) is 0 Å². The molecule has 7 nitrogen and oxygen atoms in total. The molecule has 0 aliphatic heterocycles. The number of rotatable bonds is 6. The molecule has 0 saturated heterocycles. The predicted molar refractivity (Wildman–Crippen MR) is 86.6 cm³/mol. The zero-order valence-electron chi connectivity index (χ0n) is 11.9. The van der Waals surface area contributed by atoms with Crippen LogP contribution in [0.5, 0.6) is 0 Å². The van der Waals surface area contributed by atoms with Crippen molar-refractivity contribution in [3.63, 3.8) is 0 Å². The third kappa shape index (κ3) is 6.23. The highest BCUT2D eigenvalue weighted by Gasteiger charge is 2.20. The van der Waals surface area contributed by atoms with Gasteiger partial charge in [0.1, 0.15) is 6.04 Å². The molecule has 0 fully saturated rings. The summed E-state index contributed by atoms with van der Waals surface area (Å²) in [7, 11) is 0. The van der Waals surface area contributed by atoms with E-state index in [-0.39, 0.29) is 0 Å². The van der Waals surface area contributed by atoms with Gasteiger partial charge < -0.3 is 11.1 Å². The van der Waals surface area contributed by atoms with Gasteiger partial charge in [0.05, 0.1) is 0 Å². The van der Waals surface area contributed by atoms with E-state index in [1.165, 1.54) is 17.8 Å². The quantitative estimate of drug-likeness (QED) is 0.574. The fourth-order valence-corrected chi connectivity index (χ4v) is 2.25. The first-order valence-electron chi connectivity index (χ1n) is 6.34. The minimum Gasteiger partial charge on any atom is -0.352 e. The van der Waals surface area contributed by atoms with Gasteiger partial charge >= 0.3 is 6.03 Å². The predicted octanol–water partition coefficient (Wildman–Crippen LogP) is 0.891. The molecule has 1 rings (SSSR count). The molecule has 22 heavy (non-hydrogen) atoms. The minimum atomic E-state index is -0.815. The summed E-state index contributed by atoms with van der Waals surface area (Å²) < 4.78 is 0. The molecule has 0 radical (unpaired) electrons. The van der Waals surface area contributed by atoms with E-state index < -0.39 is 23.9 Å². The van der Waals surface area contributed by atoms with Crippen molar-refractivity contribution >= 4 is 41.2 Å². The summed E-state index contributed by atoms with van der Waals surface area (Å²) in [5, 5.41) is 2.74. The lowest BCUT2D eigenvalue weighted by Crippen LogP contribution is -2.53. The van der Waals surface area contributed by atoms with Crippen molar-refractivity contribution in [1.29, 1.82) is 0 Å². The van der Waals surface area contributed by atoms with Gasteiger partial charge in [-0.15, -0.1) is 0 Å². The van der Waals surface area contributed by atoms with Crippen molar-refractivity contribution in [3.05, 3.63) is 34.9 Å². The molecule has 0 aliphatic rings. The molecule has 0 spiro atoms. The van der Waals surface area contributed by atoms with E-state index in [1.807, 2.05) is 6.26 Å². The van der Waals surface area contributed by atoms with E-state index in [2.05, 4.69) is 16.2 Å². The Kier molecular flexibility index (Phi) is 7.55. The Bertz CT molecular complexity index is 556. The van der Waals surface area contributed by atoms with Crippen LogP contribution in [-0.4, -0.2) is 35.9 Å². The summed E-state index contributed by atoms with van der Waals surface area (Å²) in [6.45, 7) is 0.